The normalized spacial score (nSPS) is 15.0. The lowest BCUT2D eigenvalue weighted by Crippen LogP contribution is -2.03. The smallest absolute Gasteiger partial charge is 0.144 e. The summed E-state index contributed by atoms with van der Waals surface area (Å²) in [7, 11) is 0. The summed E-state index contributed by atoms with van der Waals surface area (Å²) in [6.07, 6.45) is 0. The highest BCUT2D eigenvalue weighted by Gasteiger charge is 1.86. The van der Waals surface area contributed by atoms with Gasteiger partial charge in [-0.3, -0.25) is 0 Å². The van der Waals surface area contributed by atoms with Gasteiger partial charge in [0.05, 0.1) is 6.54 Å². The third-order valence-corrected chi connectivity index (χ3v) is 0.304. The van der Waals surface area contributed by atoms with Crippen LogP contribution in [0.5, 0.6) is 0 Å². The Labute approximate surface area is 35.5 Å². The van der Waals surface area contributed by atoms with E-state index in [0.29, 0.717) is 0 Å². The van der Waals surface area contributed by atoms with Gasteiger partial charge in [-0.2, -0.15) is 0 Å². The van der Waals surface area contributed by atoms with Gasteiger partial charge >= 0.3 is 0 Å². The van der Waals surface area contributed by atoms with Gasteiger partial charge in [-0.05, 0) is 0 Å². The van der Waals surface area contributed by atoms with Crippen molar-refractivity contribution in [3.63, 3.8) is 0 Å². The SMILES string of the molecule is N[CH]C(O)Cl. The lowest BCUT2D eigenvalue weighted by atomic mass is 10.7. The highest BCUT2D eigenvalue weighted by molar-refractivity contribution is 6.20. The Hall–Kier alpha value is 0.210. The molecule has 2 nitrogen and oxygen atoms in total. The maximum absolute atomic E-state index is 7.95. The van der Waals surface area contributed by atoms with Crippen molar-refractivity contribution in [3.05, 3.63) is 6.54 Å². The minimum Gasteiger partial charge on any atom is -0.376 e. The molecule has 0 heterocycles. The Morgan fingerprint density at radius 3 is 2.20 bits per heavy atom. The molecule has 3 N–H and O–H groups in total. The van der Waals surface area contributed by atoms with Crippen molar-refractivity contribution in [1.82, 2.24) is 0 Å². The van der Waals surface area contributed by atoms with E-state index in [-0.39, 0.29) is 0 Å². The summed E-state index contributed by atoms with van der Waals surface area (Å²) in [6.45, 7) is 0.988. The molecule has 0 aromatic rings. The molecule has 0 aromatic carbocycles. The molecular formula is C2H5ClNO. The Balaban J connectivity index is 2.54. The van der Waals surface area contributed by atoms with Gasteiger partial charge in [-0.25, -0.2) is 0 Å². The number of aliphatic hydroxyl groups is 1. The van der Waals surface area contributed by atoms with Crippen LogP contribution in [0.4, 0.5) is 0 Å². The third-order valence-electron chi connectivity index (χ3n) is 0.159. The average molecular weight is 94.5 g/mol. The molecule has 0 rings (SSSR count). The van der Waals surface area contributed by atoms with Crippen molar-refractivity contribution in [2.24, 2.45) is 5.73 Å². The first-order valence-electron chi connectivity index (χ1n) is 1.14. The van der Waals surface area contributed by atoms with Crippen molar-refractivity contribution in [2.45, 2.75) is 5.56 Å². The van der Waals surface area contributed by atoms with Crippen LogP contribution in [0.15, 0.2) is 0 Å². The summed E-state index contributed by atoms with van der Waals surface area (Å²) in [5.74, 6) is 0. The molecule has 0 aliphatic heterocycles. The predicted octanol–water partition coefficient (Wildman–Crippen LogP) is -0.336. The minimum absolute atomic E-state index is 0.988. The Morgan fingerprint density at radius 2 is 2.20 bits per heavy atom. The first-order valence-corrected chi connectivity index (χ1v) is 1.58. The second kappa shape index (κ2) is 2.45. The van der Waals surface area contributed by atoms with Crippen LogP contribution in [0.3, 0.4) is 0 Å². The van der Waals surface area contributed by atoms with Crippen LogP contribution in [0, 0.1) is 6.54 Å². The van der Waals surface area contributed by atoms with E-state index in [1.807, 2.05) is 0 Å². The summed E-state index contributed by atoms with van der Waals surface area (Å²) in [5.41, 5.74) is 3.67. The monoisotopic (exact) mass is 94.0 g/mol. The van der Waals surface area contributed by atoms with Crippen molar-refractivity contribution < 1.29 is 5.11 Å². The summed E-state index contributed by atoms with van der Waals surface area (Å²) in [4.78, 5) is 0. The first-order chi connectivity index (χ1) is 2.27. The summed E-state index contributed by atoms with van der Waals surface area (Å²) >= 11 is 4.84. The second-order valence-corrected chi connectivity index (χ2v) is 1.01. The molecule has 0 aliphatic rings. The fourth-order valence-corrected chi connectivity index (χ4v) is 0. The topological polar surface area (TPSA) is 46.2 Å². The van der Waals surface area contributed by atoms with Gasteiger partial charge < -0.3 is 10.8 Å². The van der Waals surface area contributed by atoms with E-state index in [0.717, 1.165) is 6.54 Å². The van der Waals surface area contributed by atoms with Crippen molar-refractivity contribution in [1.29, 1.82) is 0 Å². The second-order valence-electron chi connectivity index (χ2n) is 0.565. The van der Waals surface area contributed by atoms with Gasteiger partial charge in [0, 0.05) is 0 Å². The molecule has 0 amide bonds. The van der Waals surface area contributed by atoms with Gasteiger partial charge in [0.1, 0.15) is 5.56 Å². The first kappa shape index (κ1) is 5.21. The molecule has 31 valence electrons. The summed E-state index contributed by atoms with van der Waals surface area (Å²) in [6, 6.07) is 0. The molecule has 0 aliphatic carbocycles. The number of halogens is 1. The maximum Gasteiger partial charge on any atom is 0.144 e. The summed E-state index contributed by atoms with van der Waals surface area (Å²) in [5, 5.41) is 7.95. The molecule has 0 aromatic heterocycles. The fraction of sp³-hybridized carbons (Fsp3) is 0.500. The number of hydrogen-bond acceptors (Lipinski definition) is 2. The molecule has 0 saturated heterocycles. The summed E-state index contributed by atoms with van der Waals surface area (Å²) < 4.78 is 0. The zero-order valence-electron chi connectivity index (χ0n) is 2.56. The van der Waals surface area contributed by atoms with Crippen LogP contribution in [0.25, 0.3) is 0 Å². The molecule has 5 heavy (non-hydrogen) atoms. The van der Waals surface area contributed by atoms with Gasteiger partial charge in [0.15, 0.2) is 0 Å². The Bertz CT molecular complexity index is 23.6. The molecule has 3 heteroatoms. The van der Waals surface area contributed by atoms with Gasteiger partial charge in [0.2, 0.25) is 0 Å². The maximum atomic E-state index is 7.95. The van der Waals surface area contributed by atoms with Crippen LogP contribution in [-0.2, 0) is 0 Å². The van der Waals surface area contributed by atoms with Crippen LogP contribution in [0.2, 0.25) is 0 Å². The highest BCUT2D eigenvalue weighted by Crippen LogP contribution is 1.84. The standard InChI is InChI=1S/C2H5ClNO/c3-2(5)1-4/h1-2,5H,4H2. The fourth-order valence-electron chi connectivity index (χ4n) is 0. The number of rotatable bonds is 1. The number of alkyl halides is 1. The van der Waals surface area contributed by atoms with Crippen molar-refractivity contribution >= 4 is 11.6 Å². The molecule has 1 unspecified atom stereocenters. The molecule has 1 atom stereocenters. The molecule has 0 saturated carbocycles. The number of hydrogen-bond donors (Lipinski definition) is 2. The Kier molecular flexibility index (Phi) is 2.55. The van der Waals surface area contributed by atoms with Crippen LogP contribution >= 0.6 is 11.6 Å². The highest BCUT2D eigenvalue weighted by atomic mass is 35.5. The Morgan fingerprint density at radius 1 is 2.00 bits per heavy atom. The van der Waals surface area contributed by atoms with E-state index in [1.54, 1.807) is 0 Å². The third kappa shape index (κ3) is 4.21. The van der Waals surface area contributed by atoms with Crippen LogP contribution < -0.4 is 5.73 Å². The molecule has 1 radical (unpaired) electrons. The minimum atomic E-state index is -0.991. The van der Waals surface area contributed by atoms with E-state index in [9.17, 15) is 0 Å². The quantitative estimate of drug-likeness (QED) is 0.437. The lowest BCUT2D eigenvalue weighted by Gasteiger charge is -1.87. The van der Waals surface area contributed by atoms with Gasteiger partial charge in [-0.15, -0.1) is 0 Å². The number of nitrogens with two attached hydrogens (primary N) is 1. The average Bonchev–Trinajstić information content (AvgIpc) is 1.38. The van der Waals surface area contributed by atoms with E-state index < -0.39 is 5.56 Å². The largest absolute Gasteiger partial charge is 0.376 e. The van der Waals surface area contributed by atoms with Gasteiger partial charge in [0.25, 0.3) is 0 Å². The van der Waals surface area contributed by atoms with Crippen LogP contribution in [-0.4, -0.2) is 10.7 Å². The zero-order valence-corrected chi connectivity index (χ0v) is 3.31. The molecular weight excluding hydrogens is 89.5 g/mol. The van der Waals surface area contributed by atoms with Crippen LogP contribution in [0.1, 0.15) is 0 Å². The molecule has 0 spiro atoms. The van der Waals surface area contributed by atoms with Crippen molar-refractivity contribution in [2.75, 3.05) is 0 Å². The molecule has 0 bridgehead atoms. The van der Waals surface area contributed by atoms with Crippen molar-refractivity contribution in [3.8, 4) is 0 Å². The zero-order chi connectivity index (χ0) is 4.28. The van der Waals surface area contributed by atoms with Gasteiger partial charge in [-0.1, -0.05) is 11.6 Å². The predicted molar refractivity (Wildman–Crippen MR) is 20.3 cm³/mol. The van der Waals surface area contributed by atoms with E-state index in [2.05, 4.69) is 5.73 Å². The van der Waals surface area contributed by atoms with E-state index in [1.165, 1.54) is 0 Å². The molecule has 0 fully saturated rings. The number of aliphatic hydroxyl groups excluding tert-OH is 1. The van der Waals surface area contributed by atoms with E-state index >= 15 is 0 Å². The van der Waals surface area contributed by atoms with E-state index in [4.69, 9.17) is 16.7 Å². The lowest BCUT2D eigenvalue weighted by molar-refractivity contribution is 0.286.